The van der Waals surface area contributed by atoms with Crippen molar-refractivity contribution in [2.75, 3.05) is 45.9 Å². The van der Waals surface area contributed by atoms with E-state index in [1.165, 1.54) is 31.7 Å². The van der Waals surface area contributed by atoms with Gasteiger partial charge in [-0.1, -0.05) is 0 Å². The van der Waals surface area contributed by atoms with E-state index in [1.807, 2.05) is 0 Å². The van der Waals surface area contributed by atoms with Crippen LogP contribution in [0.25, 0.3) is 0 Å². The van der Waals surface area contributed by atoms with Gasteiger partial charge in [0.1, 0.15) is 0 Å². The van der Waals surface area contributed by atoms with Crippen LogP contribution in [0.5, 0.6) is 0 Å². The second-order valence-electron chi connectivity index (χ2n) is 4.81. The van der Waals surface area contributed by atoms with Gasteiger partial charge in [-0.3, -0.25) is 9.80 Å². The van der Waals surface area contributed by atoms with Crippen LogP contribution in [-0.4, -0.2) is 55.7 Å². The maximum Gasteiger partial charge on any atom is 0.0593 e. The summed E-state index contributed by atoms with van der Waals surface area (Å²) < 4.78 is 5.42. The van der Waals surface area contributed by atoms with Gasteiger partial charge in [0.05, 0.1) is 6.61 Å². The Morgan fingerprint density at radius 3 is 2.72 bits per heavy atom. The third-order valence-electron chi connectivity index (χ3n) is 3.74. The minimum Gasteiger partial charge on any atom is -0.380 e. The zero-order valence-electron chi connectivity index (χ0n) is 11.5. The lowest BCUT2D eigenvalue weighted by molar-refractivity contribution is 0.0676. The summed E-state index contributed by atoms with van der Waals surface area (Å²) in [4.78, 5) is 5.09. The quantitative estimate of drug-likeness (QED) is 0.737. The summed E-state index contributed by atoms with van der Waals surface area (Å²) in [6.45, 7) is 11.8. The Balaban J connectivity index is 1.73. The van der Waals surface area contributed by atoms with E-state index in [0.717, 1.165) is 19.8 Å². The van der Waals surface area contributed by atoms with Gasteiger partial charge in [0, 0.05) is 45.4 Å². The number of hydrogen-bond donors (Lipinski definition) is 0. The van der Waals surface area contributed by atoms with Crippen LogP contribution < -0.4 is 0 Å². The monoisotopic (exact) mass is 268 g/mol. The van der Waals surface area contributed by atoms with Gasteiger partial charge in [-0.2, -0.15) is 11.3 Å². The van der Waals surface area contributed by atoms with Crippen molar-refractivity contribution in [3.05, 3.63) is 22.4 Å². The fourth-order valence-corrected chi connectivity index (χ4v) is 3.18. The summed E-state index contributed by atoms with van der Waals surface area (Å²) in [5.74, 6) is 0. The molecule has 102 valence electrons. The molecular formula is C14H24N2OS. The summed E-state index contributed by atoms with van der Waals surface area (Å²) in [6.07, 6.45) is 0. The lowest BCUT2D eigenvalue weighted by Crippen LogP contribution is -2.47. The number of ether oxygens (including phenoxy) is 1. The van der Waals surface area contributed by atoms with Gasteiger partial charge >= 0.3 is 0 Å². The Bertz CT molecular complexity index is 321. The zero-order valence-corrected chi connectivity index (χ0v) is 12.3. The van der Waals surface area contributed by atoms with Crippen LogP contribution >= 0.6 is 11.3 Å². The van der Waals surface area contributed by atoms with Gasteiger partial charge in [0.25, 0.3) is 0 Å². The minimum absolute atomic E-state index is 0.560. The van der Waals surface area contributed by atoms with Gasteiger partial charge < -0.3 is 4.74 Å². The van der Waals surface area contributed by atoms with Crippen molar-refractivity contribution in [2.45, 2.75) is 19.9 Å². The lowest BCUT2D eigenvalue weighted by Gasteiger charge is -2.37. The molecule has 18 heavy (non-hydrogen) atoms. The number of piperazine rings is 1. The van der Waals surface area contributed by atoms with E-state index in [-0.39, 0.29) is 0 Å². The number of rotatable bonds is 6. The summed E-state index contributed by atoms with van der Waals surface area (Å²) >= 11 is 1.79. The molecule has 0 radical (unpaired) electrons. The number of nitrogens with zero attached hydrogens (tertiary/aromatic N) is 2. The first-order chi connectivity index (χ1) is 8.81. The normalized spacial score (nSPS) is 20.1. The van der Waals surface area contributed by atoms with Crippen molar-refractivity contribution in [1.82, 2.24) is 9.80 Å². The lowest BCUT2D eigenvalue weighted by atomic mass is 10.1. The highest BCUT2D eigenvalue weighted by molar-refractivity contribution is 7.07. The van der Waals surface area contributed by atoms with E-state index in [0.29, 0.717) is 6.04 Å². The van der Waals surface area contributed by atoms with Crippen LogP contribution in [0.15, 0.2) is 16.8 Å². The van der Waals surface area contributed by atoms with Crippen molar-refractivity contribution < 1.29 is 4.74 Å². The molecule has 2 heterocycles. The summed E-state index contributed by atoms with van der Waals surface area (Å²) in [5.41, 5.74) is 1.46. The van der Waals surface area contributed by atoms with Crippen molar-refractivity contribution in [2.24, 2.45) is 0 Å². The van der Waals surface area contributed by atoms with Crippen molar-refractivity contribution >= 4 is 11.3 Å². The molecule has 1 aromatic heterocycles. The van der Waals surface area contributed by atoms with E-state index in [4.69, 9.17) is 4.74 Å². The van der Waals surface area contributed by atoms with Crippen LogP contribution in [0, 0.1) is 0 Å². The van der Waals surface area contributed by atoms with Gasteiger partial charge in [0.2, 0.25) is 0 Å². The Morgan fingerprint density at radius 1 is 1.33 bits per heavy atom. The standard InChI is InChI=1S/C14H24N2OS/c1-3-17-10-9-15-5-7-16(8-6-15)13(2)14-4-11-18-12-14/h4,11-13H,3,5-10H2,1-2H3/t13-/m1/s1. The maximum absolute atomic E-state index is 5.42. The highest BCUT2D eigenvalue weighted by atomic mass is 32.1. The second kappa shape index (κ2) is 7.24. The van der Waals surface area contributed by atoms with Crippen LogP contribution in [-0.2, 0) is 4.74 Å². The third kappa shape index (κ3) is 3.79. The zero-order chi connectivity index (χ0) is 12.8. The van der Waals surface area contributed by atoms with E-state index in [2.05, 4.69) is 40.5 Å². The van der Waals surface area contributed by atoms with Crippen molar-refractivity contribution in [1.29, 1.82) is 0 Å². The number of hydrogen-bond acceptors (Lipinski definition) is 4. The third-order valence-corrected chi connectivity index (χ3v) is 4.44. The van der Waals surface area contributed by atoms with E-state index >= 15 is 0 Å². The molecule has 0 aliphatic carbocycles. The fourth-order valence-electron chi connectivity index (χ4n) is 2.44. The highest BCUT2D eigenvalue weighted by Crippen LogP contribution is 2.23. The van der Waals surface area contributed by atoms with Crippen molar-refractivity contribution in [3.63, 3.8) is 0 Å². The van der Waals surface area contributed by atoms with Gasteiger partial charge in [0.15, 0.2) is 0 Å². The Kier molecular flexibility index (Phi) is 5.63. The average molecular weight is 268 g/mol. The fraction of sp³-hybridized carbons (Fsp3) is 0.714. The van der Waals surface area contributed by atoms with Crippen LogP contribution in [0.1, 0.15) is 25.5 Å². The maximum atomic E-state index is 5.42. The molecule has 4 heteroatoms. The molecule has 1 aliphatic heterocycles. The molecule has 0 spiro atoms. The van der Waals surface area contributed by atoms with Crippen LogP contribution in [0.2, 0.25) is 0 Å². The SMILES string of the molecule is CCOCCN1CCN([C@H](C)c2ccsc2)CC1. The Labute approximate surface area is 114 Å². The molecule has 1 aromatic rings. The van der Waals surface area contributed by atoms with Crippen LogP contribution in [0.4, 0.5) is 0 Å². The van der Waals surface area contributed by atoms with Gasteiger partial charge in [-0.25, -0.2) is 0 Å². The first-order valence-corrected chi connectivity index (χ1v) is 7.81. The second-order valence-corrected chi connectivity index (χ2v) is 5.59. The molecule has 0 N–H and O–H groups in total. The predicted molar refractivity (Wildman–Crippen MR) is 77.2 cm³/mol. The molecule has 3 nitrogen and oxygen atoms in total. The molecule has 1 aliphatic rings. The Morgan fingerprint density at radius 2 is 2.11 bits per heavy atom. The first-order valence-electron chi connectivity index (χ1n) is 6.87. The highest BCUT2D eigenvalue weighted by Gasteiger charge is 2.21. The average Bonchev–Trinajstić information content (AvgIpc) is 2.93. The van der Waals surface area contributed by atoms with Gasteiger partial charge in [-0.05, 0) is 36.2 Å². The summed E-state index contributed by atoms with van der Waals surface area (Å²) in [6, 6.07) is 2.81. The molecule has 0 bridgehead atoms. The molecule has 1 fully saturated rings. The van der Waals surface area contributed by atoms with Gasteiger partial charge in [-0.15, -0.1) is 0 Å². The van der Waals surface area contributed by atoms with Crippen LogP contribution in [0.3, 0.4) is 0 Å². The molecule has 0 aromatic carbocycles. The molecule has 0 amide bonds. The summed E-state index contributed by atoms with van der Waals surface area (Å²) in [5, 5.41) is 4.44. The molecule has 2 rings (SSSR count). The molecule has 1 saturated heterocycles. The van der Waals surface area contributed by atoms with E-state index < -0.39 is 0 Å². The number of thiophene rings is 1. The minimum atomic E-state index is 0.560. The molecule has 0 unspecified atom stereocenters. The smallest absolute Gasteiger partial charge is 0.0593 e. The Hall–Kier alpha value is -0.420. The van der Waals surface area contributed by atoms with E-state index in [9.17, 15) is 0 Å². The first kappa shape index (κ1) is 14.0. The topological polar surface area (TPSA) is 15.7 Å². The molecule has 1 atom stereocenters. The molecular weight excluding hydrogens is 244 g/mol. The predicted octanol–water partition coefficient (Wildman–Crippen LogP) is 2.46. The molecule has 0 saturated carbocycles. The largest absolute Gasteiger partial charge is 0.380 e. The van der Waals surface area contributed by atoms with Crippen molar-refractivity contribution in [3.8, 4) is 0 Å². The van der Waals surface area contributed by atoms with E-state index in [1.54, 1.807) is 11.3 Å². The summed E-state index contributed by atoms with van der Waals surface area (Å²) in [7, 11) is 0.